The number of carbonyl (C=O) groups is 2. The zero-order valence-electron chi connectivity index (χ0n) is 10.6. The summed E-state index contributed by atoms with van der Waals surface area (Å²) in [5.74, 6) is -1.78. The van der Waals surface area contributed by atoms with Gasteiger partial charge in [-0.25, -0.2) is 4.39 Å². The Morgan fingerprint density at radius 3 is 2.15 bits per heavy atom. The third kappa shape index (κ3) is 4.90. The van der Waals surface area contributed by atoms with Gasteiger partial charge in [-0.3, -0.25) is 14.5 Å². The van der Waals surface area contributed by atoms with Crippen LogP contribution in [0.5, 0.6) is 0 Å². The fraction of sp³-hybridized carbons (Fsp3) is 0.250. The van der Waals surface area contributed by atoms with Crippen molar-refractivity contribution in [1.29, 1.82) is 0 Å². The molecule has 108 valence electrons. The van der Waals surface area contributed by atoms with Gasteiger partial charge in [-0.2, -0.15) is 0 Å². The summed E-state index contributed by atoms with van der Waals surface area (Å²) in [7, 11) is 0. The maximum atomic E-state index is 13.7. The van der Waals surface area contributed by atoms with Crippen molar-refractivity contribution < 1.29 is 14.0 Å². The van der Waals surface area contributed by atoms with Gasteiger partial charge in [0.15, 0.2) is 0 Å². The number of benzene rings is 1. The maximum absolute atomic E-state index is 13.7. The minimum Gasteiger partial charge on any atom is -0.389 e. The molecule has 0 aliphatic heterocycles. The first-order valence-corrected chi connectivity index (χ1v) is 6.07. The van der Waals surface area contributed by atoms with E-state index in [0.29, 0.717) is 5.56 Å². The minimum atomic E-state index is -0.642. The largest absolute Gasteiger partial charge is 0.389 e. The number of carbonyl (C=O) groups excluding carboxylic acids is 2. The van der Waals surface area contributed by atoms with Crippen molar-refractivity contribution in [2.75, 3.05) is 13.1 Å². The molecule has 1 aromatic rings. The van der Waals surface area contributed by atoms with Crippen LogP contribution < -0.4 is 17.2 Å². The number of nitrogens with two attached hydrogens (primary N) is 3. The number of halogens is 1. The molecule has 0 bridgehead atoms. The van der Waals surface area contributed by atoms with Gasteiger partial charge in [0, 0.05) is 17.7 Å². The van der Waals surface area contributed by atoms with Crippen LogP contribution in [0.25, 0.3) is 0 Å². The van der Waals surface area contributed by atoms with Crippen LogP contribution in [-0.2, 0) is 16.1 Å². The zero-order valence-corrected chi connectivity index (χ0v) is 11.5. The Bertz CT molecular complexity index is 534. The first kappa shape index (κ1) is 16.0. The second-order valence-electron chi connectivity index (χ2n) is 4.25. The highest BCUT2D eigenvalue weighted by molar-refractivity contribution is 7.80. The second-order valence-corrected chi connectivity index (χ2v) is 4.69. The Balaban J connectivity index is 2.96. The smallest absolute Gasteiger partial charge is 0.231 e. The number of hydrogen-bond acceptors (Lipinski definition) is 4. The normalized spacial score (nSPS) is 10.5. The molecule has 1 aromatic carbocycles. The first-order valence-electron chi connectivity index (χ1n) is 5.66. The van der Waals surface area contributed by atoms with Crippen molar-refractivity contribution in [2.24, 2.45) is 17.2 Å². The Hall–Kier alpha value is -2.06. The highest BCUT2D eigenvalue weighted by atomic mass is 32.1. The highest BCUT2D eigenvalue weighted by Gasteiger charge is 2.15. The van der Waals surface area contributed by atoms with Crippen LogP contribution in [0.15, 0.2) is 18.2 Å². The van der Waals surface area contributed by atoms with E-state index >= 15 is 0 Å². The summed E-state index contributed by atoms with van der Waals surface area (Å²) < 4.78 is 13.7. The highest BCUT2D eigenvalue weighted by Crippen LogP contribution is 2.13. The topological polar surface area (TPSA) is 115 Å². The van der Waals surface area contributed by atoms with Gasteiger partial charge >= 0.3 is 0 Å². The second kappa shape index (κ2) is 6.92. The van der Waals surface area contributed by atoms with Gasteiger partial charge < -0.3 is 17.2 Å². The summed E-state index contributed by atoms with van der Waals surface area (Å²) in [6.45, 7) is -0.423. The number of hydrogen-bond donors (Lipinski definition) is 3. The van der Waals surface area contributed by atoms with E-state index in [0.717, 1.165) is 0 Å². The lowest BCUT2D eigenvalue weighted by molar-refractivity contribution is -0.122. The molecule has 0 unspecified atom stereocenters. The lowest BCUT2D eigenvalue weighted by Crippen LogP contribution is -2.39. The number of primary amides is 2. The van der Waals surface area contributed by atoms with Crippen LogP contribution in [-0.4, -0.2) is 34.8 Å². The Kier molecular flexibility index (Phi) is 5.53. The molecular weight excluding hydrogens is 283 g/mol. The molecule has 0 saturated heterocycles. The predicted octanol–water partition coefficient (Wildman–Crippen LogP) is -0.767. The minimum absolute atomic E-state index is 0.00579. The monoisotopic (exact) mass is 298 g/mol. The van der Waals surface area contributed by atoms with Gasteiger partial charge in [0.05, 0.1) is 13.1 Å². The average molecular weight is 298 g/mol. The van der Waals surface area contributed by atoms with Crippen LogP contribution >= 0.6 is 12.2 Å². The molecule has 0 fully saturated rings. The van der Waals surface area contributed by atoms with E-state index in [4.69, 9.17) is 29.4 Å². The van der Waals surface area contributed by atoms with Gasteiger partial charge in [-0.15, -0.1) is 0 Å². The van der Waals surface area contributed by atoms with Crippen LogP contribution in [0.1, 0.15) is 11.1 Å². The van der Waals surface area contributed by atoms with Gasteiger partial charge in [0.1, 0.15) is 10.8 Å². The van der Waals surface area contributed by atoms with Crippen molar-refractivity contribution in [3.63, 3.8) is 0 Å². The Labute approximate surface area is 120 Å². The molecule has 2 amide bonds. The Morgan fingerprint density at radius 1 is 1.15 bits per heavy atom. The van der Waals surface area contributed by atoms with Crippen LogP contribution in [0.2, 0.25) is 0 Å². The molecule has 0 heterocycles. The lowest BCUT2D eigenvalue weighted by atomic mass is 10.1. The summed E-state index contributed by atoms with van der Waals surface area (Å²) in [5.41, 5.74) is 16.4. The number of nitrogens with zero attached hydrogens (tertiary/aromatic N) is 1. The molecule has 0 saturated carbocycles. The quantitative estimate of drug-likeness (QED) is 0.572. The first-order chi connectivity index (χ1) is 9.29. The molecule has 0 radical (unpaired) electrons. The number of amides is 2. The molecule has 0 spiro atoms. The Morgan fingerprint density at radius 2 is 1.70 bits per heavy atom. The van der Waals surface area contributed by atoms with Gasteiger partial charge in [0.25, 0.3) is 0 Å². The average Bonchev–Trinajstić information content (AvgIpc) is 2.29. The van der Waals surface area contributed by atoms with Crippen molar-refractivity contribution >= 4 is 29.0 Å². The van der Waals surface area contributed by atoms with Crippen molar-refractivity contribution in [3.05, 3.63) is 35.1 Å². The number of thiocarbonyl (C=S) groups is 1. The fourth-order valence-corrected chi connectivity index (χ4v) is 1.83. The third-order valence-electron chi connectivity index (χ3n) is 2.48. The van der Waals surface area contributed by atoms with Gasteiger partial charge in [-0.1, -0.05) is 12.2 Å². The van der Waals surface area contributed by atoms with E-state index in [1.807, 2.05) is 0 Å². The van der Waals surface area contributed by atoms with Crippen molar-refractivity contribution in [3.8, 4) is 0 Å². The molecule has 0 aromatic heterocycles. The predicted molar refractivity (Wildman–Crippen MR) is 76.0 cm³/mol. The molecule has 0 aliphatic carbocycles. The summed E-state index contributed by atoms with van der Waals surface area (Å²) >= 11 is 4.81. The summed E-state index contributed by atoms with van der Waals surface area (Å²) in [5, 5.41) is 0. The summed E-state index contributed by atoms with van der Waals surface area (Å²) in [6.07, 6.45) is 0. The molecule has 6 N–H and O–H groups in total. The van der Waals surface area contributed by atoms with Gasteiger partial charge in [-0.05, 0) is 18.2 Å². The summed E-state index contributed by atoms with van der Waals surface area (Å²) in [4.78, 5) is 23.3. The van der Waals surface area contributed by atoms with Crippen LogP contribution in [0, 0.1) is 5.82 Å². The molecule has 0 atom stereocenters. The summed E-state index contributed by atoms with van der Waals surface area (Å²) in [6, 6.07) is 4.14. The molecular formula is C12H15FN4O2S. The third-order valence-corrected chi connectivity index (χ3v) is 2.72. The van der Waals surface area contributed by atoms with E-state index in [2.05, 4.69) is 0 Å². The van der Waals surface area contributed by atoms with Crippen molar-refractivity contribution in [2.45, 2.75) is 6.54 Å². The van der Waals surface area contributed by atoms with E-state index < -0.39 is 17.6 Å². The zero-order chi connectivity index (χ0) is 15.3. The van der Waals surface area contributed by atoms with Crippen LogP contribution in [0.3, 0.4) is 0 Å². The molecule has 1 rings (SSSR count). The van der Waals surface area contributed by atoms with Crippen LogP contribution in [0.4, 0.5) is 4.39 Å². The standard InChI is InChI=1S/C12H15FN4O2S/c13-9-2-1-7(12(16)20)3-8(9)4-17(5-10(14)18)6-11(15)19/h1-3H,4-6H2,(H2,14,18)(H2,15,19)(H2,16,20). The molecule has 8 heteroatoms. The lowest BCUT2D eigenvalue weighted by Gasteiger charge is -2.19. The number of rotatable bonds is 7. The molecule has 20 heavy (non-hydrogen) atoms. The van der Waals surface area contributed by atoms with E-state index in [9.17, 15) is 14.0 Å². The molecule has 6 nitrogen and oxygen atoms in total. The van der Waals surface area contributed by atoms with E-state index in [-0.39, 0.29) is 30.2 Å². The molecule has 0 aliphatic rings. The van der Waals surface area contributed by atoms with Gasteiger partial charge in [0.2, 0.25) is 11.8 Å². The van der Waals surface area contributed by atoms with Crippen molar-refractivity contribution in [1.82, 2.24) is 4.90 Å². The SMILES string of the molecule is NC(=O)CN(CC(N)=O)Cc1cc(C(N)=S)ccc1F. The fourth-order valence-electron chi connectivity index (χ4n) is 1.70. The maximum Gasteiger partial charge on any atom is 0.231 e. The van der Waals surface area contributed by atoms with E-state index in [1.165, 1.54) is 23.1 Å². The van der Waals surface area contributed by atoms with E-state index in [1.54, 1.807) is 0 Å².